The maximum absolute atomic E-state index is 11.5. The summed E-state index contributed by atoms with van der Waals surface area (Å²) in [6, 6.07) is 15.4. The SMILES string of the molecule is CN(c1ccc2c(c1)NC(N)(C1CCCCC1)N2C)c1ccnc(Nc2ccc(CS(C)(=O)=O)cc2)n1. The monoisotopic (exact) mass is 521 g/mol. The zero-order chi connectivity index (χ0) is 26.2. The topological polar surface area (TPSA) is 116 Å². The molecule has 1 aliphatic carbocycles. The van der Waals surface area contributed by atoms with Crippen molar-refractivity contribution in [2.24, 2.45) is 11.7 Å². The van der Waals surface area contributed by atoms with Crippen molar-refractivity contribution in [1.29, 1.82) is 0 Å². The van der Waals surface area contributed by atoms with Crippen LogP contribution in [0.3, 0.4) is 0 Å². The van der Waals surface area contributed by atoms with E-state index in [0.717, 1.165) is 47.0 Å². The van der Waals surface area contributed by atoms with Crippen molar-refractivity contribution in [3.05, 3.63) is 60.3 Å². The lowest BCUT2D eigenvalue weighted by atomic mass is 9.84. The first-order chi connectivity index (χ1) is 17.6. The molecule has 3 aromatic rings. The predicted octanol–water partition coefficient (Wildman–Crippen LogP) is 4.59. The maximum atomic E-state index is 11.5. The average molecular weight is 522 g/mol. The standard InChI is InChI=1S/C27H35N7O2S/c1-33(22-13-14-24-23(17-22)32-27(28,34(24)2)20-7-5-4-6-8-20)25-15-16-29-26(31-25)30-21-11-9-19(10-12-21)18-37(3,35)36/h9-17,20,32H,4-8,18,28H2,1-3H3,(H,29,30,31). The van der Waals surface area contributed by atoms with Crippen molar-refractivity contribution in [2.45, 2.75) is 43.6 Å². The molecule has 2 heterocycles. The van der Waals surface area contributed by atoms with Crippen LogP contribution in [0.5, 0.6) is 0 Å². The van der Waals surface area contributed by atoms with E-state index in [4.69, 9.17) is 5.73 Å². The molecule has 4 N–H and O–H groups in total. The van der Waals surface area contributed by atoms with Crippen LogP contribution in [0.25, 0.3) is 0 Å². The van der Waals surface area contributed by atoms with Gasteiger partial charge in [-0.3, -0.25) is 5.73 Å². The fourth-order valence-corrected chi connectivity index (χ4v) is 6.19. The van der Waals surface area contributed by atoms with E-state index >= 15 is 0 Å². The fraction of sp³-hybridized carbons (Fsp3) is 0.407. The number of nitrogens with two attached hydrogens (primary N) is 1. The van der Waals surface area contributed by atoms with Crippen molar-refractivity contribution < 1.29 is 8.42 Å². The second kappa shape index (κ2) is 9.83. The molecule has 2 aliphatic rings. The van der Waals surface area contributed by atoms with Crippen molar-refractivity contribution in [3.8, 4) is 0 Å². The lowest BCUT2D eigenvalue weighted by Crippen LogP contribution is -2.62. The van der Waals surface area contributed by atoms with Gasteiger partial charge in [-0.25, -0.2) is 13.4 Å². The number of hydrogen-bond acceptors (Lipinski definition) is 9. The van der Waals surface area contributed by atoms with E-state index in [1.807, 2.05) is 30.1 Å². The maximum Gasteiger partial charge on any atom is 0.229 e. The third-order valence-corrected chi connectivity index (χ3v) is 8.33. The number of fused-ring (bicyclic) bond motifs is 1. The molecule has 2 aromatic carbocycles. The molecule has 0 spiro atoms. The van der Waals surface area contributed by atoms with Crippen molar-refractivity contribution in [1.82, 2.24) is 9.97 Å². The molecule has 1 saturated carbocycles. The summed E-state index contributed by atoms with van der Waals surface area (Å²) in [5.74, 6) is 1.06. The second-order valence-corrected chi connectivity index (χ2v) is 12.4. The minimum absolute atomic E-state index is 0.0153. The van der Waals surface area contributed by atoms with Gasteiger partial charge in [-0.2, -0.15) is 4.98 Å². The highest BCUT2D eigenvalue weighted by molar-refractivity contribution is 7.89. The molecular weight excluding hydrogens is 486 g/mol. The number of rotatable bonds is 7. The van der Waals surface area contributed by atoms with E-state index in [-0.39, 0.29) is 5.75 Å². The first kappa shape index (κ1) is 25.3. The van der Waals surface area contributed by atoms with E-state index in [9.17, 15) is 8.42 Å². The summed E-state index contributed by atoms with van der Waals surface area (Å²) in [4.78, 5) is 13.2. The Balaban J connectivity index is 1.31. The molecule has 1 unspecified atom stereocenters. The van der Waals surface area contributed by atoms with Crippen LogP contribution in [-0.4, -0.2) is 44.5 Å². The summed E-state index contributed by atoms with van der Waals surface area (Å²) < 4.78 is 23.0. The van der Waals surface area contributed by atoms with Gasteiger partial charge in [0, 0.05) is 43.8 Å². The Bertz CT molecular complexity index is 1370. The zero-order valence-electron chi connectivity index (χ0n) is 21.6. The van der Waals surface area contributed by atoms with Gasteiger partial charge in [-0.1, -0.05) is 31.4 Å². The van der Waals surface area contributed by atoms with Gasteiger partial charge >= 0.3 is 0 Å². The largest absolute Gasteiger partial charge is 0.349 e. The van der Waals surface area contributed by atoms with Crippen LogP contribution in [-0.2, 0) is 15.6 Å². The summed E-state index contributed by atoms with van der Waals surface area (Å²) in [6.45, 7) is 0. The van der Waals surface area contributed by atoms with E-state index in [0.29, 0.717) is 11.9 Å². The summed E-state index contributed by atoms with van der Waals surface area (Å²) in [5.41, 5.74) is 11.6. The highest BCUT2D eigenvalue weighted by atomic mass is 32.2. The van der Waals surface area contributed by atoms with Crippen LogP contribution in [0.4, 0.5) is 34.5 Å². The van der Waals surface area contributed by atoms with E-state index in [1.165, 1.54) is 25.5 Å². The summed E-state index contributed by atoms with van der Waals surface area (Å²) in [5, 5.41) is 6.84. The molecule has 0 amide bonds. The third kappa shape index (κ3) is 5.35. The molecular formula is C27H35N7O2S. The van der Waals surface area contributed by atoms with E-state index in [2.05, 4.69) is 50.7 Å². The molecule has 1 aliphatic heterocycles. The lowest BCUT2D eigenvalue weighted by molar-refractivity contribution is 0.235. The normalized spacial score (nSPS) is 19.8. The highest BCUT2D eigenvalue weighted by Crippen LogP contribution is 2.45. The van der Waals surface area contributed by atoms with Crippen LogP contribution in [0.15, 0.2) is 54.7 Å². The third-order valence-electron chi connectivity index (χ3n) is 7.47. The Hall–Kier alpha value is -3.37. The van der Waals surface area contributed by atoms with Gasteiger partial charge in [0.25, 0.3) is 0 Å². The molecule has 196 valence electrons. The van der Waals surface area contributed by atoms with Gasteiger partial charge < -0.3 is 20.4 Å². The van der Waals surface area contributed by atoms with Gasteiger partial charge in [-0.05, 0) is 54.8 Å². The Morgan fingerprint density at radius 2 is 1.86 bits per heavy atom. The van der Waals surface area contributed by atoms with Gasteiger partial charge in [0.2, 0.25) is 5.95 Å². The summed E-state index contributed by atoms with van der Waals surface area (Å²) in [7, 11) is 0.977. The molecule has 0 radical (unpaired) electrons. The fourth-order valence-electron chi connectivity index (χ4n) is 5.39. The molecule has 5 rings (SSSR count). The van der Waals surface area contributed by atoms with Crippen molar-refractivity contribution in [2.75, 3.05) is 40.8 Å². The Morgan fingerprint density at radius 3 is 2.57 bits per heavy atom. The van der Waals surface area contributed by atoms with Crippen molar-refractivity contribution in [3.63, 3.8) is 0 Å². The average Bonchev–Trinajstić information content (AvgIpc) is 3.15. The first-order valence-electron chi connectivity index (χ1n) is 12.7. The molecule has 37 heavy (non-hydrogen) atoms. The first-order valence-corrected chi connectivity index (χ1v) is 14.7. The highest BCUT2D eigenvalue weighted by Gasteiger charge is 2.44. The Kier molecular flexibility index (Phi) is 6.72. The van der Waals surface area contributed by atoms with E-state index < -0.39 is 15.6 Å². The van der Waals surface area contributed by atoms with Gasteiger partial charge in [0.15, 0.2) is 15.6 Å². The predicted molar refractivity (Wildman–Crippen MR) is 150 cm³/mol. The van der Waals surface area contributed by atoms with Gasteiger partial charge in [0.05, 0.1) is 17.1 Å². The van der Waals surface area contributed by atoms with Crippen LogP contribution < -0.4 is 26.2 Å². The molecule has 1 aromatic heterocycles. The number of benzene rings is 2. The van der Waals surface area contributed by atoms with Crippen molar-refractivity contribution >= 4 is 44.4 Å². The van der Waals surface area contributed by atoms with Gasteiger partial charge in [0.1, 0.15) is 5.82 Å². The summed E-state index contributed by atoms with van der Waals surface area (Å²) in [6.07, 6.45) is 9.00. The number of aromatic nitrogens is 2. The molecule has 9 nitrogen and oxygen atoms in total. The second-order valence-electron chi connectivity index (χ2n) is 10.2. The molecule has 1 fully saturated rings. The Morgan fingerprint density at radius 1 is 1.14 bits per heavy atom. The van der Waals surface area contributed by atoms with Gasteiger partial charge in [-0.15, -0.1) is 0 Å². The number of hydrogen-bond donors (Lipinski definition) is 3. The zero-order valence-corrected chi connectivity index (χ0v) is 22.4. The number of nitrogens with zero attached hydrogens (tertiary/aromatic N) is 4. The van der Waals surface area contributed by atoms with Crippen LogP contribution in [0.2, 0.25) is 0 Å². The molecule has 0 bridgehead atoms. The number of anilines is 6. The lowest BCUT2D eigenvalue weighted by Gasteiger charge is -2.42. The smallest absolute Gasteiger partial charge is 0.229 e. The minimum Gasteiger partial charge on any atom is -0.349 e. The summed E-state index contributed by atoms with van der Waals surface area (Å²) >= 11 is 0. The Labute approximate surface area is 219 Å². The molecule has 1 atom stereocenters. The minimum atomic E-state index is -3.07. The molecule has 0 saturated heterocycles. The number of nitrogens with one attached hydrogen (secondary N) is 2. The van der Waals surface area contributed by atoms with Crippen LogP contribution in [0, 0.1) is 5.92 Å². The number of sulfone groups is 1. The van der Waals surface area contributed by atoms with E-state index in [1.54, 1.807) is 18.3 Å². The quantitative estimate of drug-likeness (QED) is 0.410. The van der Waals surface area contributed by atoms with Crippen LogP contribution >= 0.6 is 0 Å². The van der Waals surface area contributed by atoms with Crippen LogP contribution in [0.1, 0.15) is 37.7 Å². The molecule has 10 heteroatoms.